The van der Waals surface area contributed by atoms with Gasteiger partial charge in [-0.2, -0.15) is 0 Å². The predicted molar refractivity (Wildman–Crippen MR) is 135 cm³/mol. The number of amides is 1. The number of fused-ring (bicyclic) bond motifs is 1. The van der Waals surface area contributed by atoms with E-state index in [2.05, 4.69) is 5.32 Å². The van der Waals surface area contributed by atoms with Crippen LogP contribution in [0.3, 0.4) is 0 Å². The molecule has 0 saturated carbocycles. The first-order valence-electron chi connectivity index (χ1n) is 11.5. The highest BCUT2D eigenvalue weighted by Gasteiger charge is 2.38. The Hall–Kier alpha value is -3.52. The van der Waals surface area contributed by atoms with Gasteiger partial charge in [-0.1, -0.05) is 48.9 Å². The Morgan fingerprint density at radius 2 is 1.83 bits per heavy atom. The van der Waals surface area contributed by atoms with Crippen LogP contribution < -0.4 is 19.1 Å². The molecule has 7 nitrogen and oxygen atoms in total. The van der Waals surface area contributed by atoms with Crippen LogP contribution >= 0.6 is 0 Å². The SMILES string of the molecule is CC[C@H](NC(=O)[C@H]1CN(S(=O)(=O)c2ccc(C)cc2)c2ccccc2O1)c1ccc(OC)c(C)c1. The maximum atomic E-state index is 13.6. The van der Waals surface area contributed by atoms with Crippen LogP contribution in [0.25, 0.3) is 0 Å². The Kier molecular flexibility index (Phi) is 7.03. The predicted octanol–water partition coefficient (Wildman–Crippen LogP) is 4.54. The van der Waals surface area contributed by atoms with Crippen LogP contribution in [0.4, 0.5) is 5.69 Å². The van der Waals surface area contributed by atoms with Gasteiger partial charge in [0.1, 0.15) is 11.5 Å². The van der Waals surface area contributed by atoms with E-state index in [1.807, 2.05) is 39.0 Å². The summed E-state index contributed by atoms with van der Waals surface area (Å²) >= 11 is 0. The highest BCUT2D eigenvalue weighted by molar-refractivity contribution is 7.92. The molecule has 1 aliphatic heterocycles. The number of sulfonamides is 1. The summed E-state index contributed by atoms with van der Waals surface area (Å²) in [6.45, 7) is 5.70. The van der Waals surface area contributed by atoms with Gasteiger partial charge in [-0.05, 0) is 61.7 Å². The van der Waals surface area contributed by atoms with Crippen LogP contribution in [0.15, 0.2) is 71.6 Å². The molecule has 0 unspecified atom stereocenters. The van der Waals surface area contributed by atoms with E-state index in [0.717, 1.165) is 22.4 Å². The summed E-state index contributed by atoms with van der Waals surface area (Å²) in [6.07, 6.45) is -0.342. The fraction of sp³-hybridized carbons (Fsp3) is 0.296. The molecule has 1 heterocycles. The largest absolute Gasteiger partial charge is 0.496 e. The first-order valence-corrected chi connectivity index (χ1v) is 13.0. The number of aryl methyl sites for hydroxylation is 2. The monoisotopic (exact) mass is 494 g/mol. The van der Waals surface area contributed by atoms with Crippen molar-refractivity contribution in [2.24, 2.45) is 0 Å². The number of ether oxygens (including phenoxy) is 2. The topological polar surface area (TPSA) is 84.9 Å². The second-order valence-electron chi connectivity index (χ2n) is 8.62. The number of para-hydroxylation sites is 2. The quantitative estimate of drug-likeness (QED) is 0.521. The molecule has 1 amide bonds. The summed E-state index contributed by atoms with van der Waals surface area (Å²) in [5.74, 6) is 0.756. The zero-order valence-electron chi connectivity index (χ0n) is 20.3. The average Bonchev–Trinajstić information content (AvgIpc) is 2.86. The molecular formula is C27H30N2O5S. The summed E-state index contributed by atoms with van der Waals surface area (Å²) in [5.41, 5.74) is 3.29. The van der Waals surface area contributed by atoms with Crippen molar-refractivity contribution >= 4 is 21.6 Å². The van der Waals surface area contributed by atoms with Gasteiger partial charge in [0.25, 0.3) is 15.9 Å². The van der Waals surface area contributed by atoms with E-state index >= 15 is 0 Å². The van der Waals surface area contributed by atoms with Gasteiger partial charge in [-0.3, -0.25) is 9.10 Å². The summed E-state index contributed by atoms with van der Waals surface area (Å²) in [5, 5.41) is 3.04. The lowest BCUT2D eigenvalue weighted by Gasteiger charge is -2.35. The van der Waals surface area contributed by atoms with Crippen molar-refractivity contribution in [3.8, 4) is 11.5 Å². The summed E-state index contributed by atoms with van der Waals surface area (Å²) < 4.78 is 39.7. The lowest BCUT2D eigenvalue weighted by Crippen LogP contribution is -2.51. The molecule has 0 saturated heterocycles. The number of carbonyl (C=O) groups excluding carboxylic acids is 1. The fourth-order valence-corrected chi connectivity index (χ4v) is 5.68. The highest BCUT2D eigenvalue weighted by atomic mass is 32.2. The van der Waals surface area contributed by atoms with Crippen LogP contribution in [-0.2, 0) is 14.8 Å². The molecule has 2 atom stereocenters. The van der Waals surface area contributed by atoms with Crippen LogP contribution in [-0.4, -0.2) is 34.1 Å². The third-order valence-corrected chi connectivity index (χ3v) is 7.98. The first-order chi connectivity index (χ1) is 16.7. The Balaban J connectivity index is 1.61. The highest BCUT2D eigenvalue weighted by Crippen LogP contribution is 2.37. The molecule has 35 heavy (non-hydrogen) atoms. The molecule has 0 radical (unpaired) electrons. The van der Waals surface area contributed by atoms with Crippen LogP contribution in [0, 0.1) is 13.8 Å². The van der Waals surface area contributed by atoms with E-state index in [-0.39, 0.29) is 23.4 Å². The molecule has 0 spiro atoms. The molecule has 1 N–H and O–H groups in total. The number of carbonyl (C=O) groups is 1. The molecular weight excluding hydrogens is 464 g/mol. The number of hydrogen-bond acceptors (Lipinski definition) is 5. The minimum Gasteiger partial charge on any atom is -0.496 e. The molecule has 8 heteroatoms. The number of benzene rings is 3. The zero-order valence-corrected chi connectivity index (χ0v) is 21.1. The Labute approximate surface area is 206 Å². The van der Waals surface area contributed by atoms with Crippen molar-refractivity contribution in [3.05, 3.63) is 83.4 Å². The van der Waals surface area contributed by atoms with E-state index < -0.39 is 16.1 Å². The van der Waals surface area contributed by atoms with Crippen molar-refractivity contribution in [1.82, 2.24) is 5.32 Å². The van der Waals surface area contributed by atoms with Crippen molar-refractivity contribution in [1.29, 1.82) is 0 Å². The van der Waals surface area contributed by atoms with Crippen LogP contribution in [0.2, 0.25) is 0 Å². The van der Waals surface area contributed by atoms with Crippen molar-refractivity contribution in [2.45, 2.75) is 44.2 Å². The summed E-state index contributed by atoms with van der Waals surface area (Å²) in [6, 6.07) is 19.1. The third kappa shape index (κ3) is 4.98. The van der Waals surface area contributed by atoms with Gasteiger partial charge in [-0.15, -0.1) is 0 Å². The van der Waals surface area contributed by atoms with E-state index in [0.29, 0.717) is 17.9 Å². The van der Waals surface area contributed by atoms with E-state index in [4.69, 9.17) is 9.47 Å². The van der Waals surface area contributed by atoms with Gasteiger partial charge < -0.3 is 14.8 Å². The van der Waals surface area contributed by atoms with Gasteiger partial charge in [0.05, 0.1) is 30.3 Å². The molecule has 0 bridgehead atoms. The smallest absolute Gasteiger partial charge is 0.264 e. The number of methoxy groups -OCH3 is 1. The Bertz CT molecular complexity index is 1320. The molecule has 0 fully saturated rings. The minimum absolute atomic E-state index is 0.128. The number of nitrogens with zero attached hydrogens (tertiary/aromatic N) is 1. The molecule has 0 aliphatic carbocycles. The standard InChI is InChI=1S/C27H30N2O5S/c1-5-22(20-12-15-24(33-4)19(3)16-20)28-27(30)26-17-29(23-8-6-7-9-25(23)34-26)35(31,32)21-13-10-18(2)11-14-21/h6-16,22,26H,5,17H2,1-4H3,(H,28,30)/t22-,26+/m0/s1. The minimum atomic E-state index is -3.90. The second kappa shape index (κ2) is 10.00. The maximum absolute atomic E-state index is 13.6. The van der Waals surface area contributed by atoms with Gasteiger partial charge in [-0.25, -0.2) is 8.42 Å². The Morgan fingerprint density at radius 3 is 2.49 bits per heavy atom. The van der Waals surface area contributed by atoms with E-state index in [1.54, 1.807) is 55.6 Å². The lowest BCUT2D eigenvalue weighted by molar-refractivity contribution is -0.128. The maximum Gasteiger partial charge on any atom is 0.264 e. The second-order valence-corrected chi connectivity index (χ2v) is 10.5. The van der Waals surface area contributed by atoms with Crippen molar-refractivity contribution < 1.29 is 22.7 Å². The van der Waals surface area contributed by atoms with E-state index in [1.165, 1.54) is 4.31 Å². The van der Waals surface area contributed by atoms with Crippen molar-refractivity contribution in [2.75, 3.05) is 18.0 Å². The summed E-state index contributed by atoms with van der Waals surface area (Å²) in [4.78, 5) is 13.5. The average molecular weight is 495 g/mol. The van der Waals surface area contributed by atoms with E-state index in [9.17, 15) is 13.2 Å². The first kappa shape index (κ1) is 24.6. The van der Waals surface area contributed by atoms with Gasteiger partial charge in [0.2, 0.25) is 0 Å². The van der Waals surface area contributed by atoms with Crippen LogP contribution in [0.5, 0.6) is 11.5 Å². The van der Waals surface area contributed by atoms with Gasteiger partial charge in [0.15, 0.2) is 6.10 Å². The lowest BCUT2D eigenvalue weighted by atomic mass is 10.0. The molecule has 1 aliphatic rings. The van der Waals surface area contributed by atoms with Crippen molar-refractivity contribution in [3.63, 3.8) is 0 Å². The normalized spacial score (nSPS) is 16.1. The molecule has 0 aromatic heterocycles. The number of nitrogens with one attached hydrogen (secondary N) is 1. The molecule has 3 aromatic rings. The van der Waals surface area contributed by atoms with Crippen LogP contribution in [0.1, 0.15) is 36.1 Å². The third-order valence-electron chi connectivity index (χ3n) is 6.18. The molecule has 3 aromatic carbocycles. The van der Waals surface area contributed by atoms with Gasteiger partial charge in [0, 0.05) is 0 Å². The zero-order chi connectivity index (χ0) is 25.2. The Morgan fingerprint density at radius 1 is 1.11 bits per heavy atom. The number of hydrogen-bond donors (Lipinski definition) is 1. The molecule has 4 rings (SSSR count). The number of rotatable bonds is 7. The van der Waals surface area contributed by atoms with Gasteiger partial charge >= 0.3 is 0 Å². The summed E-state index contributed by atoms with van der Waals surface area (Å²) in [7, 11) is -2.28. The molecule has 184 valence electrons. The number of anilines is 1. The fourth-order valence-electron chi connectivity index (χ4n) is 4.21.